The summed E-state index contributed by atoms with van der Waals surface area (Å²) in [4.78, 5) is 15.2. The quantitative estimate of drug-likeness (QED) is 0.482. The summed E-state index contributed by atoms with van der Waals surface area (Å²) in [6.45, 7) is 0. The van der Waals surface area contributed by atoms with Gasteiger partial charge in [0.25, 0.3) is 0 Å². The van der Waals surface area contributed by atoms with E-state index in [0.717, 1.165) is 4.68 Å². The second kappa shape index (κ2) is 5.88. The molecule has 1 aromatic heterocycles. The van der Waals surface area contributed by atoms with Crippen molar-refractivity contribution in [1.29, 1.82) is 0 Å². The van der Waals surface area contributed by atoms with Gasteiger partial charge in [0.15, 0.2) is 7.05 Å². The monoisotopic (exact) mass is 313 g/mol. The average molecular weight is 314 g/mol. The van der Waals surface area contributed by atoms with Crippen LogP contribution in [0.4, 0.5) is 5.69 Å². The summed E-state index contributed by atoms with van der Waals surface area (Å²) < 4.78 is 15.8. The fourth-order valence-electron chi connectivity index (χ4n) is 1.67. The molecule has 1 heterocycles. The first-order valence-electron chi connectivity index (χ1n) is 5.73. The SMILES string of the molecule is COc1cc(OC)c(N=C([O-])c2c(=O)o[nH][n+]2C)cc1Cl. The molecule has 0 unspecified atom stereocenters. The first kappa shape index (κ1) is 14.9. The minimum absolute atomic E-state index is 0.175. The molecule has 8 nitrogen and oxygen atoms in total. The zero-order chi connectivity index (χ0) is 15.6. The molecule has 0 saturated heterocycles. The fourth-order valence-corrected chi connectivity index (χ4v) is 1.90. The number of hydrogen-bond donors (Lipinski definition) is 1. The van der Waals surface area contributed by atoms with Gasteiger partial charge in [-0.1, -0.05) is 16.3 Å². The van der Waals surface area contributed by atoms with Crippen LogP contribution < -0.4 is 24.9 Å². The molecule has 112 valence electrons. The number of aryl methyl sites for hydroxylation is 1. The number of nitrogens with one attached hydrogen (secondary N) is 1. The summed E-state index contributed by atoms with van der Waals surface area (Å²) in [7, 11) is 4.32. The van der Waals surface area contributed by atoms with E-state index in [-0.39, 0.29) is 22.2 Å². The Labute approximate surface area is 124 Å². The summed E-state index contributed by atoms with van der Waals surface area (Å²) in [5, 5.41) is 14.5. The molecule has 0 amide bonds. The van der Waals surface area contributed by atoms with E-state index in [9.17, 15) is 9.90 Å². The second-order valence-electron chi connectivity index (χ2n) is 3.96. The van der Waals surface area contributed by atoms with Crippen molar-refractivity contribution in [3.05, 3.63) is 33.3 Å². The molecule has 1 aromatic carbocycles. The third-order valence-electron chi connectivity index (χ3n) is 2.68. The number of halogens is 1. The minimum atomic E-state index is -0.815. The topological polar surface area (TPSA) is 104 Å². The molecular weight excluding hydrogens is 302 g/mol. The van der Waals surface area contributed by atoms with Crippen molar-refractivity contribution in [2.24, 2.45) is 12.0 Å². The van der Waals surface area contributed by atoms with E-state index in [1.807, 2.05) is 0 Å². The summed E-state index contributed by atoms with van der Waals surface area (Å²) >= 11 is 5.99. The number of ether oxygens (including phenoxy) is 2. The number of aromatic amines is 1. The lowest BCUT2D eigenvalue weighted by molar-refractivity contribution is -0.742. The molecule has 0 radical (unpaired) electrons. The normalized spacial score (nSPS) is 11.5. The summed E-state index contributed by atoms with van der Waals surface area (Å²) in [5.74, 6) is -0.120. The van der Waals surface area contributed by atoms with Crippen molar-refractivity contribution >= 4 is 23.2 Å². The highest BCUT2D eigenvalue weighted by molar-refractivity contribution is 6.32. The van der Waals surface area contributed by atoms with Gasteiger partial charge in [0.1, 0.15) is 17.2 Å². The van der Waals surface area contributed by atoms with Crippen LogP contribution in [0.15, 0.2) is 26.4 Å². The number of benzene rings is 1. The second-order valence-corrected chi connectivity index (χ2v) is 4.37. The number of nitrogens with zero attached hydrogens (tertiary/aromatic N) is 2. The van der Waals surface area contributed by atoms with Crippen LogP contribution in [0.1, 0.15) is 5.69 Å². The van der Waals surface area contributed by atoms with Gasteiger partial charge in [-0.2, -0.15) is 0 Å². The van der Waals surface area contributed by atoms with Gasteiger partial charge in [0, 0.05) is 6.07 Å². The van der Waals surface area contributed by atoms with Crippen LogP contribution in [0.25, 0.3) is 0 Å². The first-order chi connectivity index (χ1) is 9.97. The molecule has 0 aliphatic rings. The average Bonchev–Trinajstić information content (AvgIpc) is 2.78. The Balaban J connectivity index is 2.54. The lowest BCUT2D eigenvalue weighted by atomic mass is 10.2. The summed E-state index contributed by atoms with van der Waals surface area (Å²) in [6.07, 6.45) is 0. The van der Waals surface area contributed by atoms with E-state index in [1.165, 1.54) is 33.4 Å². The van der Waals surface area contributed by atoms with Gasteiger partial charge < -0.3 is 14.6 Å². The van der Waals surface area contributed by atoms with E-state index >= 15 is 0 Å². The standard InChI is InChI=1S/C12H12ClN3O5/c1-16-10(12(18)21-15-16)11(17)14-7-4-6(13)8(19-2)5-9(7)20-3/h4-5H,1-3H3,(H-,14,15,17,18). The molecule has 0 fully saturated rings. The zero-order valence-electron chi connectivity index (χ0n) is 11.5. The van der Waals surface area contributed by atoms with Gasteiger partial charge in [0.2, 0.25) is 0 Å². The van der Waals surface area contributed by atoms with E-state index in [2.05, 4.69) is 14.8 Å². The fraction of sp³-hybridized carbons (Fsp3) is 0.250. The maximum atomic E-state index is 12.1. The molecule has 1 N–H and O–H groups in total. The van der Waals surface area contributed by atoms with Crippen LogP contribution >= 0.6 is 11.6 Å². The highest BCUT2D eigenvalue weighted by atomic mass is 35.5. The van der Waals surface area contributed by atoms with E-state index in [4.69, 9.17) is 21.1 Å². The van der Waals surface area contributed by atoms with E-state index in [0.29, 0.717) is 5.75 Å². The molecule has 2 aromatic rings. The Morgan fingerprint density at radius 1 is 1.38 bits per heavy atom. The molecule has 9 heteroatoms. The predicted octanol–water partition coefficient (Wildman–Crippen LogP) is -0.0984. The van der Waals surface area contributed by atoms with Crippen molar-refractivity contribution in [3.8, 4) is 11.5 Å². The van der Waals surface area contributed by atoms with Crippen LogP contribution in [0.3, 0.4) is 0 Å². The molecular formula is C12H12ClN3O5. The van der Waals surface area contributed by atoms with Gasteiger partial charge in [-0.05, 0) is 11.3 Å². The Morgan fingerprint density at radius 3 is 2.57 bits per heavy atom. The molecule has 2 rings (SSSR count). The maximum absolute atomic E-state index is 12.1. The Kier molecular flexibility index (Phi) is 4.18. The van der Waals surface area contributed by atoms with Gasteiger partial charge in [0.05, 0.1) is 25.1 Å². The summed E-state index contributed by atoms with van der Waals surface area (Å²) in [5.41, 5.74) is -0.886. The smallest absolute Gasteiger partial charge is 0.435 e. The van der Waals surface area contributed by atoms with Crippen LogP contribution in [0, 0.1) is 0 Å². The number of H-pyrrole nitrogens is 1. The van der Waals surface area contributed by atoms with Gasteiger partial charge in [-0.25, -0.2) is 4.79 Å². The molecule has 21 heavy (non-hydrogen) atoms. The number of rotatable bonds is 4. The molecule has 0 bridgehead atoms. The molecule has 0 spiro atoms. The highest BCUT2D eigenvalue weighted by Gasteiger charge is 2.18. The van der Waals surface area contributed by atoms with Crippen molar-refractivity contribution < 1.29 is 23.8 Å². The van der Waals surface area contributed by atoms with E-state index < -0.39 is 11.5 Å². The Morgan fingerprint density at radius 2 is 2.05 bits per heavy atom. The lowest BCUT2D eigenvalue weighted by Crippen LogP contribution is -2.43. The van der Waals surface area contributed by atoms with Crippen molar-refractivity contribution in [1.82, 2.24) is 5.27 Å². The molecule has 0 aliphatic heterocycles. The lowest BCUT2D eigenvalue weighted by Gasteiger charge is -2.11. The highest BCUT2D eigenvalue weighted by Crippen LogP contribution is 2.37. The number of hydrogen-bond acceptors (Lipinski definition) is 6. The number of methoxy groups -OCH3 is 2. The van der Waals surface area contributed by atoms with Crippen molar-refractivity contribution in [2.75, 3.05) is 14.2 Å². The van der Waals surface area contributed by atoms with Gasteiger partial charge >= 0.3 is 11.3 Å². The van der Waals surface area contributed by atoms with Crippen molar-refractivity contribution in [3.63, 3.8) is 0 Å². The van der Waals surface area contributed by atoms with Gasteiger partial charge in [-0.3, -0.25) is 9.52 Å². The van der Waals surface area contributed by atoms with Gasteiger partial charge in [-0.15, -0.1) is 0 Å². The van der Waals surface area contributed by atoms with Crippen LogP contribution in [0.2, 0.25) is 5.02 Å². The van der Waals surface area contributed by atoms with Crippen LogP contribution in [-0.2, 0) is 7.05 Å². The maximum Gasteiger partial charge on any atom is 0.435 e. The zero-order valence-corrected chi connectivity index (χ0v) is 12.2. The Hall–Kier alpha value is -2.48. The largest absolute Gasteiger partial charge is 0.854 e. The van der Waals surface area contributed by atoms with E-state index in [1.54, 1.807) is 0 Å². The molecule has 0 atom stereocenters. The van der Waals surface area contributed by atoms with Crippen molar-refractivity contribution in [2.45, 2.75) is 0 Å². The third kappa shape index (κ3) is 2.84. The molecule has 0 saturated carbocycles. The third-order valence-corrected chi connectivity index (χ3v) is 2.98. The minimum Gasteiger partial charge on any atom is -0.854 e. The number of aliphatic imine (C=N–C) groups is 1. The number of aromatic nitrogens is 2. The van der Waals surface area contributed by atoms with Crippen LogP contribution in [-0.4, -0.2) is 25.4 Å². The Bertz CT molecular complexity index is 750. The van der Waals surface area contributed by atoms with Crippen LogP contribution in [0.5, 0.6) is 11.5 Å². The summed E-state index contributed by atoms with van der Waals surface area (Å²) in [6, 6.07) is 2.90. The predicted molar refractivity (Wildman–Crippen MR) is 71.3 cm³/mol. The molecule has 0 aliphatic carbocycles. The first-order valence-corrected chi connectivity index (χ1v) is 6.10.